The van der Waals surface area contributed by atoms with E-state index in [4.69, 9.17) is 4.74 Å². The number of carbonyl (C=O) groups excluding carboxylic acids is 4. The SMILES string of the molecule is CCc1ccccc1OCC(=O)N1CCC(NC(=O)CN2C(=O)c3ccccc3C2=O)CC1. The first kappa shape index (κ1) is 22.5. The molecule has 2 aliphatic rings. The number of ether oxygens (including phenoxy) is 1. The summed E-state index contributed by atoms with van der Waals surface area (Å²) >= 11 is 0. The first-order valence-corrected chi connectivity index (χ1v) is 11.2. The highest BCUT2D eigenvalue weighted by Gasteiger charge is 2.36. The molecule has 8 nitrogen and oxygen atoms in total. The van der Waals surface area contributed by atoms with Crippen LogP contribution in [0.25, 0.3) is 0 Å². The van der Waals surface area contributed by atoms with E-state index in [2.05, 4.69) is 5.32 Å². The first-order chi connectivity index (χ1) is 16.0. The van der Waals surface area contributed by atoms with Gasteiger partial charge in [0.05, 0.1) is 11.1 Å². The van der Waals surface area contributed by atoms with Gasteiger partial charge in [0.2, 0.25) is 5.91 Å². The van der Waals surface area contributed by atoms with Crippen LogP contribution in [0.1, 0.15) is 46.0 Å². The predicted octanol–water partition coefficient (Wildman–Crippen LogP) is 2.03. The largest absolute Gasteiger partial charge is 0.483 e. The molecule has 4 rings (SSSR count). The van der Waals surface area contributed by atoms with E-state index < -0.39 is 11.8 Å². The minimum Gasteiger partial charge on any atom is -0.483 e. The molecule has 2 heterocycles. The third kappa shape index (κ3) is 4.89. The van der Waals surface area contributed by atoms with Gasteiger partial charge < -0.3 is 15.0 Å². The van der Waals surface area contributed by atoms with Crippen molar-refractivity contribution < 1.29 is 23.9 Å². The maximum absolute atomic E-state index is 12.5. The average molecular weight is 450 g/mol. The molecule has 2 aromatic rings. The summed E-state index contributed by atoms with van der Waals surface area (Å²) in [6.07, 6.45) is 2.03. The molecule has 1 N–H and O–H groups in total. The Morgan fingerprint density at radius 3 is 2.21 bits per heavy atom. The van der Waals surface area contributed by atoms with Crippen LogP contribution in [-0.2, 0) is 16.0 Å². The smallest absolute Gasteiger partial charge is 0.262 e. The fourth-order valence-electron chi connectivity index (χ4n) is 4.24. The number of piperidine rings is 1. The number of imide groups is 1. The summed E-state index contributed by atoms with van der Waals surface area (Å²) in [4.78, 5) is 52.6. The van der Waals surface area contributed by atoms with Gasteiger partial charge >= 0.3 is 0 Å². The van der Waals surface area contributed by atoms with Crippen LogP contribution in [0, 0.1) is 0 Å². The van der Waals surface area contributed by atoms with Gasteiger partial charge in [0.15, 0.2) is 6.61 Å². The lowest BCUT2D eigenvalue weighted by atomic mass is 10.0. The van der Waals surface area contributed by atoms with E-state index in [1.165, 1.54) is 0 Å². The molecular weight excluding hydrogens is 422 g/mol. The first-order valence-electron chi connectivity index (χ1n) is 11.2. The maximum atomic E-state index is 12.5. The topological polar surface area (TPSA) is 96.0 Å². The van der Waals surface area contributed by atoms with Crippen molar-refractivity contribution in [2.24, 2.45) is 0 Å². The number of benzene rings is 2. The van der Waals surface area contributed by atoms with Crippen LogP contribution in [0.2, 0.25) is 0 Å². The number of nitrogens with one attached hydrogen (secondary N) is 1. The number of para-hydroxylation sites is 1. The second-order valence-corrected chi connectivity index (χ2v) is 8.21. The molecule has 0 bridgehead atoms. The van der Waals surface area contributed by atoms with Crippen LogP contribution >= 0.6 is 0 Å². The van der Waals surface area contributed by atoms with Crippen molar-refractivity contribution >= 4 is 23.6 Å². The number of likely N-dealkylation sites (tertiary alicyclic amines) is 1. The zero-order valence-corrected chi connectivity index (χ0v) is 18.6. The molecular formula is C25H27N3O5. The Hall–Kier alpha value is -3.68. The Morgan fingerprint density at radius 2 is 1.58 bits per heavy atom. The number of hydrogen-bond donors (Lipinski definition) is 1. The monoisotopic (exact) mass is 449 g/mol. The molecule has 1 fully saturated rings. The molecule has 33 heavy (non-hydrogen) atoms. The lowest BCUT2D eigenvalue weighted by molar-refractivity contribution is -0.134. The van der Waals surface area contributed by atoms with Crippen molar-refractivity contribution in [3.63, 3.8) is 0 Å². The van der Waals surface area contributed by atoms with Gasteiger partial charge in [-0.05, 0) is 43.0 Å². The van der Waals surface area contributed by atoms with Gasteiger partial charge in [0.25, 0.3) is 17.7 Å². The summed E-state index contributed by atoms with van der Waals surface area (Å²) in [5.74, 6) is -0.638. The molecule has 0 radical (unpaired) electrons. The Bertz CT molecular complexity index is 1040. The van der Waals surface area contributed by atoms with Crippen molar-refractivity contribution in [1.82, 2.24) is 15.1 Å². The van der Waals surface area contributed by atoms with E-state index in [-0.39, 0.29) is 31.0 Å². The Balaban J connectivity index is 1.22. The van der Waals surface area contributed by atoms with Gasteiger partial charge in [0, 0.05) is 19.1 Å². The Labute approximate surface area is 192 Å². The number of aryl methyl sites for hydroxylation is 1. The fourth-order valence-corrected chi connectivity index (χ4v) is 4.24. The summed E-state index contributed by atoms with van der Waals surface area (Å²) in [5.41, 5.74) is 1.71. The highest BCUT2D eigenvalue weighted by molar-refractivity contribution is 6.22. The zero-order valence-electron chi connectivity index (χ0n) is 18.6. The van der Waals surface area contributed by atoms with Gasteiger partial charge in [-0.3, -0.25) is 24.1 Å². The summed E-state index contributed by atoms with van der Waals surface area (Å²) < 4.78 is 5.73. The third-order valence-corrected chi connectivity index (χ3v) is 6.10. The van der Waals surface area contributed by atoms with Crippen molar-refractivity contribution in [1.29, 1.82) is 0 Å². The van der Waals surface area contributed by atoms with Crippen LogP contribution in [0.3, 0.4) is 0 Å². The van der Waals surface area contributed by atoms with E-state index in [0.717, 1.165) is 22.6 Å². The van der Waals surface area contributed by atoms with Gasteiger partial charge in [-0.1, -0.05) is 37.3 Å². The summed E-state index contributed by atoms with van der Waals surface area (Å²) in [5, 5.41) is 2.89. The molecule has 0 saturated carbocycles. The number of rotatable bonds is 7. The minimum atomic E-state index is -0.448. The van der Waals surface area contributed by atoms with Crippen molar-refractivity contribution in [2.75, 3.05) is 26.2 Å². The van der Waals surface area contributed by atoms with Crippen LogP contribution in [0.15, 0.2) is 48.5 Å². The van der Waals surface area contributed by atoms with Crippen LogP contribution in [-0.4, -0.2) is 65.7 Å². The van der Waals surface area contributed by atoms with Crippen LogP contribution in [0.5, 0.6) is 5.75 Å². The van der Waals surface area contributed by atoms with Gasteiger partial charge in [-0.25, -0.2) is 0 Å². The standard InChI is InChI=1S/C25H27N3O5/c1-2-17-7-3-6-10-21(17)33-16-23(30)27-13-11-18(12-14-27)26-22(29)15-28-24(31)19-8-4-5-9-20(19)25(28)32/h3-10,18H,2,11-16H2,1H3,(H,26,29). The molecule has 1 saturated heterocycles. The number of amides is 4. The molecule has 2 aromatic carbocycles. The van der Waals surface area contributed by atoms with Crippen LogP contribution < -0.4 is 10.1 Å². The van der Waals surface area contributed by atoms with Gasteiger partial charge in [0.1, 0.15) is 12.3 Å². The average Bonchev–Trinajstić information content (AvgIpc) is 3.08. The highest BCUT2D eigenvalue weighted by atomic mass is 16.5. The van der Waals surface area contributed by atoms with E-state index >= 15 is 0 Å². The summed E-state index contributed by atoms with van der Waals surface area (Å²) in [7, 11) is 0. The predicted molar refractivity (Wildman–Crippen MR) is 121 cm³/mol. The Morgan fingerprint density at radius 1 is 0.970 bits per heavy atom. The molecule has 2 aliphatic heterocycles. The second kappa shape index (κ2) is 9.85. The Kier molecular flexibility index (Phi) is 6.72. The zero-order chi connectivity index (χ0) is 23.4. The minimum absolute atomic E-state index is 0.0201. The molecule has 0 unspecified atom stereocenters. The molecule has 0 atom stereocenters. The summed E-state index contributed by atoms with van der Waals surface area (Å²) in [6, 6.07) is 14.1. The molecule has 4 amide bonds. The van der Waals surface area contributed by atoms with Crippen molar-refractivity contribution in [3.05, 3.63) is 65.2 Å². The molecule has 0 aromatic heterocycles. The molecule has 0 aliphatic carbocycles. The highest BCUT2D eigenvalue weighted by Crippen LogP contribution is 2.22. The lowest BCUT2D eigenvalue weighted by Crippen LogP contribution is -2.50. The van der Waals surface area contributed by atoms with Crippen LogP contribution in [0.4, 0.5) is 0 Å². The van der Waals surface area contributed by atoms with Gasteiger partial charge in [-0.15, -0.1) is 0 Å². The van der Waals surface area contributed by atoms with E-state index in [0.29, 0.717) is 37.1 Å². The normalized spacial score (nSPS) is 16.0. The molecule has 8 heteroatoms. The van der Waals surface area contributed by atoms with Crippen molar-refractivity contribution in [3.8, 4) is 5.75 Å². The fraction of sp³-hybridized carbons (Fsp3) is 0.360. The van der Waals surface area contributed by atoms with E-state index in [9.17, 15) is 19.2 Å². The number of carbonyl (C=O) groups is 4. The number of fused-ring (bicyclic) bond motifs is 1. The second-order valence-electron chi connectivity index (χ2n) is 8.21. The lowest BCUT2D eigenvalue weighted by Gasteiger charge is -2.32. The number of nitrogens with zero attached hydrogens (tertiary/aromatic N) is 2. The number of hydrogen-bond acceptors (Lipinski definition) is 5. The molecule has 172 valence electrons. The maximum Gasteiger partial charge on any atom is 0.262 e. The van der Waals surface area contributed by atoms with Crippen molar-refractivity contribution in [2.45, 2.75) is 32.2 Å². The molecule has 0 spiro atoms. The summed E-state index contributed by atoms with van der Waals surface area (Å²) in [6.45, 7) is 2.73. The third-order valence-electron chi connectivity index (χ3n) is 6.10. The van der Waals surface area contributed by atoms with Gasteiger partial charge in [-0.2, -0.15) is 0 Å². The quantitative estimate of drug-likeness (QED) is 0.653. The van der Waals surface area contributed by atoms with E-state index in [1.807, 2.05) is 31.2 Å². The van der Waals surface area contributed by atoms with E-state index in [1.54, 1.807) is 29.2 Å².